The summed E-state index contributed by atoms with van der Waals surface area (Å²) >= 11 is 6.54. The number of methoxy groups -OCH3 is 2. The molecule has 1 atom stereocenters. The maximum absolute atomic E-state index is 12.2. The van der Waals surface area contributed by atoms with Crippen molar-refractivity contribution in [1.82, 2.24) is 10.2 Å². The molecule has 2 aromatic rings. The van der Waals surface area contributed by atoms with Crippen LogP contribution in [0.2, 0.25) is 5.02 Å². The van der Waals surface area contributed by atoms with Gasteiger partial charge in [0.05, 0.1) is 32.3 Å². The van der Waals surface area contributed by atoms with Gasteiger partial charge in [-0.05, 0) is 61.8 Å². The first-order valence-corrected chi connectivity index (χ1v) is 10.7. The summed E-state index contributed by atoms with van der Waals surface area (Å²) in [6, 6.07) is 9.63. The van der Waals surface area contributed by atoms with Crippen molar-refractivity contribution in [2.75, 3.05) is 40.4 Å². The quantitative estimate of drug-likeness (QED) is 0.728. The summed E-state index contributed by atoms with van der Waals surface area (Å²) in [5.41, 5.74) is 2.88. The Hall–Kier alpha value is -2.44. The summed E-state index contributed by atoms with van der Waals surface area (Å²) < 4.78 is 16.9. The molecular formula is C23H27ClN2O4. The Balaban J connectivity index is 1.45. The molecule has 2 aromatic carbocycles. The van der Waals surface area contributed by atoms with E-state index >= 15 is 0 Å². The van der Waals surface area contributed by atoms with Crippen LogP contribution in [-0.2, 0) is 11.2 Å². The van der Waals surface area contributed by atoms with Crippen LogP contribution in [0.1, 0.15) is 18.4 Å². The Morgan fingerprint density at radius 3 is 2.73 bits per heavy atom. The second kappa shape index (κ2) is 9.14. The standard InChI is InChI=1S/C23H27ClN2O4/c1-28-17-5-6-21(29-2)19(12-17)15-9-16-10-18(30-23(16)20(24)11-15)13-25-22(27)14-26-7-3-4-8-26/h5-6,9,11-12,18H,3-4,7-8,10,13-14H2,1-2H3,(H,25,27)/t18-/m0/s1. The molecule has 0 bridgehead atoms. The number of hydrogen-bond acceptors (Lipinski definition) is 5. The van der Waals surface area contributed by atoms with Crippen LogP contribution in [0.5, 0.6) is 17.2 Å². The van der Waals surface area contributed by atoms with E-state index in [0.29, 0.717) is 30.3 Å². The van der Waals surface area contributed by atoms with E-state index < -0.39 is 0 Å². The van der Waals surface area contributed by atoms with Crippen molar-refractivity contribution in [2.45, 2.75) is 25.4 Å². The van der Waals surface area contributed by atoms with Crippen molar-refractivity contribution in [3.05, 3.63) is 40.9 Å². The summed E-state index contributed by atoms with van der Waals surface area (Å²) in [7, 11) is 3.28. The van der Waals surface area contributed by atoms with Crippen molar-refractivity contribution in [3.63, 3.8) is 0 Å². The molecule has 1 amide bonds. The minimum atomic E-state index is -0.123. The maximum atomic E-state index is 12.2. The Kier molecular flexibility index (Phi) is 6.35. The van der Waals surface area contributed by atoms with E-state index in [1.807, 2.05) is 24.3 Å². The van der Waals surface area contributed by atoms with Gasteiger partial charge in [0, 0.05) is 17.5 Å². The Morgan fingerprint density at radius 2 is 2.00 bits per heavy atom. The Labute approximate surface area is 182 Å². The lowest BCUT2D eigenvalue weighted by Crippen LogP contribution is -2.40. The fourth-order valence-corrected chi connectivity index (χ4v) is 4.41. The van der Waals surface area contributed by atoms with Crippen LogP contribution in [0.4, 0.5) is 0 Å². The highest BCUT2D eigenvalue weighted by molar-refractivity contribution is 6.32. The number of nitrogens with one attached hydrogen (secondary N) is 1. The molecule has 30 heavy (non-hydrogen) atoms. The summed E-state index contributed by atoms with van der Waals surface area (Å²) in [4.78, 5) is 14.4. The number of benzene rings is 2. The average molecular weight is 431 g/mol. The molecule has 1 fully saturated rings. The summed E-state index contributed by atoms with van der Waals surface area (Å²) in [6.07, 6.45) is 2.92. The second-order valence-corrected chi connectivity index (χ2v) is 8.15. The highest BCUT2D eigenvalue weighted by Crippen LogP contribution is 2.42. The number of fused-ring (bicyclic) bond motifs is 1. The Bertz CT molecular complexity index is 928. The number of carbonyl (C=O) groups excluding carboxylic acids is 1. The Morgan fingerprint density at radius 1 is 1.20 bits per heavy atom. The first-order valence-electron chi connectivity index (χ1n) is 10.3. The zero-order valence-corrected chi connectivity index (χ0v) is 18.1. The lowest BCUT2D eigenvalue weighted by atomic mass is 9.99. The lowest BCUT2D eigenvalue weighted by molar-refractivity contribution is -0.122. The van der Waals surface area contributed by atoms with Gasteiger partial charge in [-0.3, -0.25) is 9.69 Å². The number of amides is 1. The lowest BCUT2D eigenvalue weighted by Gasteiger charge is -2.16. The monoisotopic (exact) mass is 430 g/mol. The van der Waals surface area contributed by atoms with E-state index in [0.717, 1.165) is 41.3 Å². The van der Waals surface area contributed by atoms with Crippen LogP contribution in [0.3, 0.4) is 0 Å². The summed E-state index contributed by atoms with van der Waals surface area (Å²) in [6.45, 7) is 2.94. The fourth-order valence-electron chi connectivity index (χ4n) is 4.12. The van der Waals surface area contributed by atoms with E-state index in [1.54, 1.807) is 14.2 Å². The predicted molar refractivity (Wildman–Crippen MR) is 117 cm³/mol. The third kappa shape index (κ3) is 4.50. The van der Waals surface area contributed by atoms with Gasteiger partial charge in [0.1, 0.15) is 23.4 Å². The van der Waals surface area contributed by atoms with E-state index in [9.17, 15) is 4.79 Å². The highest BCUT2D eigenvalue weighted by Gasteiger charge is 2.27. The minimum Gasteiger partial charge on any atom is -0.497 e. The van der Waals surface area contributed by atoms with E-state index in [2.05, 4.69) is 16.3 Å². The van der Waals surface area contributed by atoms with Gasteiger partial charge in [0.2, 0.25) is 5.91 Å². The molecule has 6 nitrogen and oxygen atoms in total. The van der Waals surface area contributed by atoms with Crippen LogP contribution in [0, 0.1) is 0 Å². The number of likely N-dealkylation sites (tertiary alicyclic amines) is 1. The maximum Gasteiger partial charge on any atom is 0.234 e. The molecular weight excluding hydrogens is 404 g/mol. The first kappa shape index (κ1) is 20.8. The summed E-state index contributed by atoms with van der Waals surface area (Å²) in [5, 5.41) is 3.55. The van der Waals surface area contributed by atoms with Crippen molar-refractivity contribution >= 4 is 17.5 Å². The normalized spacial score (nSPS) is 18.0. The fraction of sp³-hybridized carbons (Fsp3) is 0.435. The van der Waals surface area contributed by atoms with Crippen molar-refractivity contribution in [2.24, 2.45) is 0 Å². The number of carbonyl (C=O) groups is 1. The number of ether oxygens (including phenoxy) is 3. The van der Waals surface area contributed by atoms with Crippen LogP contribution in [0.15, 0.2) is 30.3 Å². The van der Waals surface area contributed by atoms with E-state index in [4.69, 9.17) is 25.8 Å². The van der Waals surface area contributed by atoms with E-state index in [-0.39, 0.29) is 12.0 Å². The molecule has 0 aliphatic carbocycles. The van der Waals surface area contributed by atoms with Gasteiger partial charge in [0.15, 0.2) is 0 Å². The number of rotatable bonds is 7. The molecule has 1 N–H and O–H groups in total. The van der Waals surface area contributed by atoms with Crippen LogP contribution in [0.25, 0.3) is 11.1 Å². The topological polar surface area (TPSA) is 60.0 Å². The largest absolute Gasteiger partial charge is 0.497 e. The van der Waals surface area contributed by atoms with Gasteiger partial charge < -0.3 is 19.5 Å². The second-order valence-electron chi connectivity index (χ2n) is 7.74. The number of hydrogen-bond donors (Lipinski definition) is 1. The molecule has 0 unspecified atom stereocenters. The zero-order chi connectivity index (χ0) is 21.1. The molecule has 0 saturated carbocycles. The van der Waals surface area contributed by atoms with E-state index in [1.165, 1.54) is 12.8 Å². The van der Waals surface area contributed by atoms with Crippen molar-refractivity contribution in [3.8, 4) is 28.4 Å². The summed E-state index contributed by atoms with van der Waals surface area (Å²) in [5.74, 6) is 2.24. The smallest absolute Gasteiger partial charge is 0.234 e. The average Bonchev–Trinajstić information content (AvgIpc) is 3.41. The minimum absolute atomic E-state index is 0.0457. The van der Waals surface area contributed by atoms with Crippen LogP contribution < -0.4 is 19.5 Å². The van der Waals surface area contributed by atoms with Gasteiger partial charge in [-0.15, -0.1) is 0 Å². The molecule has 1 saturated heterocycles. The molecule has 0 aromatic heterocycles. The molecule has 0 spiro atoms. The molecule has 0 radical (unpaired) electrons. The molecule has 7 heteroatoms. The third-order valence-corrected chi connectivity index (χ3v) is 5.94. The first-order chi connectivity index (χ1) is 14.6. The number of nitrogens with zero attached hydrogens (tertiary/aromatic N) is 1. The molecule has 2 aliphatic rings. The van der Waals surface area contributed by atoms with Crippen molar-refractivity contribution < 1.29 is 19.0 Å². The van der Waals surface area contributed by atoms with Gasteiger partial charge >= 0.3 is 0 Å². The van der Waals surface area contributed by atoms with Gasteiger partial charge in [-0.25, -0.2) is 0 Å². The number of halogens is 1. The molecule has 160 valence electrons. The predicted octanol–water partition coefficient (Wildman–Crippen LogP) is 3.54. The van der Waals surface area contributed by atoms with Gasteiger partial charge in [0.25, 0.3) is 0 Å². The molecule has 2 heterocycles. The SMILES string of the molecule is COc1ccc(OC)c(-c2cc(Cl)c3c(c2)C[C@@H](CNC(=O)CN2CCCC2)O3)c1. The molecule has 2 aliphatic heterocycles. The highest BCUT2D eigenvalue weighted by atomic mass is 35.5. The van der Waals surface area contributed by atoms with Crippen LogP contribution in [-0.4, -0.2) is 57.3 Å². The van der Waals surface area contributed by atoms with Gasteiger partial charge in [-0.1, -0.05) is 11.6 Å². The third-order valence-electron chi connectivity index (χ3n) is 5.66. The molecule has 4 rings (SSSR count). The van der Waals surface area contributed by atoms with Crippen LogP contribution >= 0.6 is 11.6 Å². The van der Waals surface area contributed by atoms with Crippen molar-refractivity contribution in [1.29, 1.82) is 0 Å². The zero-order valence-electron chi connectivity index (χ0n) is 17.4. The van der Waals surface area contributed by atoms with Gasteiger partial charge in [-0.2, -0.15) is 0 Å².